The molecule has 0 radical (unpaired) electrons. The van der Waals surface area contributed by atoms with Gasteiger partial charge in [0, 0.05) is 16.4 Å². The summed E-state index contributed by atoms with van der Waals surface area (Å²) in [6, 6.07) is 5.39. The van der Waals surface area contributed by atoms with Crippen LogP contribution in [0, 0.1) is 0 Å². The van der Waals surface area contributed by atoms with Crippen LogP contribution < -0.4 is 16.4 Å². The second-order valence-electron chi connectivity index (χ2n) is 4.51. The molecule has 5 nitrogen and oxygen atoms in total. The van der Waals surface area contributed by atoms with Crippen molar-refractivity contribution in [2.75, 3.05) is 17.6 Å². The first-order valence-corrected chi connectivity index (χ1v) is 7.20. The van der Waals surface area contributed by atoms with Crippen LogP contribution >= 0.6 is 15.9 Å². The molecule has 0 aliphatic heterocycles. The molecule has 0 aliphatic carbocycles. The number of carbonyl (C=O) groups excluding carboxylic acids is 1. The Morgan fingerprint density at radius 2 is 2.25 bits per heavy atom. The molecule has 20 heavy (non-hydrogen) atoms. The number of amides is 1. The molecule has 1 aromatic heterocycles. The smallest absolute Gasteiger partial charge is 0.242 e. The van der Waals surface area contributed by atoms with Gasteiger partial charge in [0.25, 0.3) is 0 Å². The molecular formula is C14H17BrN4O. The normalized spacial score (nSPS) is 12.2. The Hall–Kier alpha value is -1.82. The van der Waals surface area contributed by atoms with E-state index in [2.05, 4.69) is 31.5 Å². The number of benzene rings is 1. The van der Waals surface area contributed by atoms with E-state index in [0.717, 1.165) is 21.1 Å². The summed E-state index contributed by atoms with van der Waals surface area (Å²) in [4.78, 5) is 16.1. The number of aromatic nitrogens is 1. The van der Waals surface area contributed by atoms with Crippen molar-refractivity contribution in [3.05, 3.63) is 28.9 Å². The quantitative estimate of drug-likeness (QED) is 0.801. The lowest BCUT2D eigenvalue weighted by molar-refractivity contribution is -0.121. The highest BCUT2D eigenvalue weighted by atomic mass is 79.9. The maximum absolute atomic E-state index is 11.8. The predicted octanol–water partition coefficient (Wildman–Crippen LogP) is 2.52. The summed E-state index contributed by atoms with van der Waals surface area (Å²) in [5.74, 6) is -0.0631. The molecule has 1 amide bonds. The van der Waals surface area contributed by atoms with Gasteiger partial charge in [0.1, 0.15) is 6.04 Å². The fraction of sp³-hybridized carbons (Fsp3) is 0.286. The Bertz CT molecular complexity index is 639. The van der Waals surface area contributed by atoms with Gasteiger partial charge in [-0.2, -0.15) is 0 Å². The fourth-order valence-corrected chi connectivity index (χ4v) is 2.31. The number of likely N-dealkylation sites (N-methyl/N-ethyl adjacent to an activating group) is 1. The molecule has 0 saturated carbocycles. The molecule has 1 aromatic carbocycles. The van der Waals surface area contributed by atoms with Crippen LogP contribution in [0.15, 0.2) is 28.9 Å². The molecule has 2 aromatic rings. The molecule has 2 rings (SSSR count). The van der Waals surface area contributed by atoms with Gasteiger partial charge in [-0.3, -0.25) is 9.78 Å². The Balaban J connectivity index is 2.40. The van der Waals surface area contributed by atoms with Crippen molar-refractivity contribution >= 4 is 44.1 Å². The summed E-state index contributed by atoms with van der Waals surface area (Å²) in [6.07, 6.45) is 1.60. The SMILES string of the molecule is CCNC(=O)C(C)Nc1c(N)cnc2ccc(Br)cc12. The van der Waals surface area contributed by atoms with E-state index in [0.29, 0.717) is 12.2 Å². The molecule has 0 bridgehead atoms. The van der Waals surface area contributed by atoms with Crippen LogP contribution in [-0.4, -0.2) is 23.5 Å². The number of nitrogen functional groups attached to an aromatic ring is 1. The highest BCUT2D eigenvalue weighted by molar-refractivity contribution is 9.10. The highest BCUT2D eigenvalue weighted by Crippen LogP contribution is 2.30. The fourth-order valence-electron chi connectivity index (χ4n) is 1.95. The van der Waals surface area contributed by atoms with Crippen LogP contribution in [-0.2, 0) is 4.79 Å². The first kappa shape index (κ1) is 14.6. The van der Waals surface area contributed by atoms with E-state index in [4.69, 9.17) is 5.73 Å². The first-order chi connectivity index (χ1) is 9.52. The standard InChI is InChI=1S/C14H17BrN4O/c1-3-17-14(20)8(2)19-13-10-6-9(15)4-5-12(10)18-7-11(13)16/h4-8H,3,16H2,1-2H3,(H,17,20)(H,18,19). The molecule has 1 unspecified atom stereocenters. The zero-order valence-electron chi connectivity index (χ0n) is 11.4. The first-order valence-electron chi connectivity index (χ1n) is 6.41. The van der Waals surface area contributed by atoms with Crippen molar-refractivity contribution in [3.63, 3.8) is 0 Å². The van der Waals surface area contributed by atoms with Gasteiger partial charge in [0.2, 0.25) is 5.91 Å². The third-order valence-corrected chi connectivity index (χ3v) is 3.46. The number of halogens is 1. The second-order valence-corrected chi connectivity index (χ2v) is 5.43. The number of rotatable bonds is 4. The number of nitrogens with zero attached hydrogens (tertiary/aromatic N) is 1. The van der Waals surface area contributed by atoms with Gasteiger partial charge in [0.05, 0.1) is 23.1 Å². The molecule has 6 heteroatoms. The Morgan fingerprint density at radius 1 is 1.50 bits per heavy atom. The zero-order valence-corrected chi connectivity index (χ0v) is 13.0. The lowest BCUT2D eigenvalue weighted by Gasteiger charge is -2.17. The number of hydrogen-bond donors (Lipinski definition) is 3. The van der Waals surface area contributed by atoms with Crippen LogP contribution in [0.3, 0.4) is 0 Å². The number of carbonyl (C=O) groups is 1. The summed E-state index contributed by atoms with van der Waals surface area (Å²) in [5, 5.41) is 6.83. The second kappa shape index (κ2) is 6.09. The molecule has 1 atom stereocenters. The number of hydrogen-bond acceptors (Lipinski definition) is 4. The molecule has 0 saturated heterocycles. The van der Waals surface area contributed by atoms with Crippen molar-refractivity contribution < 1.29 is 4.79 Å². The zero-order chi connectivity index (χ0) is 14.7. The predicted molar refractivity (Wildman–Crippen MR) is 85.6 cm³/mol. The molecule has 1 heterocycles. The molecule has 106 valence electrons. The summed E-state index contributed by atoms with van der Waals surface area (Å²) in [5.41, 5.74) is 8.07. The molecular weight excluding hydrogens is 320 g/mol. The number of fused-ring (bicyclic) bond motifs is 1. The number of nitrogens with one attached hydrogen (secondary N) is 2. The van der Waals surface area contributed by atoms with E-state index in [1.165, 1.54) is 0 Å². The average Bonchev–Trinajstić information content (AvgIpc) is 2.42. The van der Waals surface area contributed by atoms with Gasteiger partial charge >= 0.3 is 0 Å². The Morgan fingerprint density at radius 3 is 2.95 bits per heavy atom. The van der Waals surface area contributed by atoms with E-state index in [1.54, 1.807) is 13.1 Å². The summed E-state index contributed by atoms with van der Waals surface area (Å²) >= 11 is 3.44. The average molecular weight is 337 g/mol. The lowest BCUT2D eigenvalue weighted by Crippen LogP contribution is -2.37. The minimum Gasteiger partial charge on any atom is -0.396 e. The maximum atomic E-state index is 11.8. The van der Waals surface area contributed by atoms with E-state index >= 15 is 0 Å². The number of nitrogens with two attached hydrogens (primary N) is 1. The number of pyridine rings is 1. The molecule has 0 aliphatic rings. The van der Waals surface area contributed by atoms with Crippen molar-refractivity contribution in [1.82, 2.24) is 10.3 Å². The number of anilines is 2. The molecule has 0 fully saturated rings. The van der Waals surface area contributed by atoms with Crippen LogP contribution in [0.4, 0.5) is 11.4 Å². The minimum atomic E-state index is -0.373. The third-order valence-electron chi connectivity index (χ3n) is 2.96. The largest absolute Gasteiger partial charge is 0.396 e. The maximum Gasteiger partial charge on any atom is 0.242 e. The van der Waals surface area contributed by atoms with Crippen LogP contribution in [0.1, 0.15) is 13.8 Å². The van der Waals surface area contributed by atoms with Crippen molar-refractivity contribution in [3.8, 4) is 0 Å². The van der Waals surface area contributed by atoms with Gasteiger partial charge in [0.15, 0.2) is 0 Å². The summed E-state index contributed by atoms with van der Waals surface area (Å²) < 4.78 is 0.936. The van der Waals surface area contributed by atoms with Gasteiger partial charge in [-0.15, -0.1) is 0 Å². The third kappa shape index (κ3) is 3.01. The molecule has 0 spiro atoms. The summed E-state index contributed by atoms with van der Waals surface area (Å²) in [6.45, 7) is 4.29. The lowest BCUT2D eigenvalue weighted by atomic mass is 10.1. The van der Waals surface area contributed by atoms with Crippen molar-refractivity contribution in [2.24, 2.45) is 0 Å². The molecule has 4 N–H and O–H groups in total. The van der Waals surface area contributed by atoms with Gasteiger partial charge in [-0.25, -0.2) is 0 Å². The monoisotopic (exact) mass is 336 g/mol. The van der Waals surface area contributed by atoms with Crippen molar-refractivity contribution in [2.45, 2.75) is 19.9 Å². The van der Waals surface area contributed by atoms with E-state index in [1.807, 2.05) is 25.1 Å². The van der Waals surface area contributed by atoms with E-state index in [-0.39, 0.29) is 11.9 Å². The highest BCUT2D eigenvalue weighted by Gasteiger charge is 2.15. The summed E-state index contributed by atoms with van der Waals surface area (Å²) in [7, 11) is 0. The van der Waals surface area contributed by atoms with Gasteiger partial charge in [-0.05, 0) is 32.0 Å². The Kier molecular flexibility index (Phi) is 4.44. The van der Waals surface area contributed by atoms with Crippen LogP contribution in [0.5, 0.6) is 0 Å². The topological polar surface area (TPSA) is 80.0 Å². The van der Waals surface area contributed by atoms with E-state index < -0.39 is 0 Å². The van der Waals surface area contributed by atoms with Crippen LogP contribution in [0.2, 0.25) is 0 Å². The van der Waals surface area contributed by atoms with Crippen LogP contribution in [0.25, 0.3) is 10.9 Å². The van der Waals surface area contributed by atoms with E-state index in [9.17, 15) is 4.79 Å². The van der Waals surface area contributed by atoms with Crippen molar-refractivity contribution in [1.29, 1.82) is 0 Å². The van der Waals surface area contributed by atoms with Gasteiger partial charge in [-0.1, -0.05) is 15.9 Å². The minimum absolute atomic E-state index is 0.0631. The Labute approximate surface area is 126 Å². The van der Waals surface area contributed by atoms with Gasteiger partial charge < -0.3 is 16.4 Å².